The fraction of sp³-hybridized carbons (Fsp3) is 0.429. The van der Waals surface area contributed by atoms with Crippen molar-refractivity contribution in [3.05, 3.63) is 35.9 Å². The van der Waals surface area contributed by atoms with Crippen LogP contribution >= 0.6 is 11.8 Å². The van der Waals surface area contributed by atoms with Crippen LogP contribution in [0.25, 0.3) is 6.08 Å². The molecule has 0 saturated carbocycles. The molecule has 0 aromatic heterocycles. The SMILES string of the molecule is C=Cc1c(SC(C)C)cccc1C(F)F.CCN. The lowest BCUT2D eigenvalue weighted by atomic mass is 10.1. The predicted octanol–water partition coefficient (Wildman–Crippen LogP) is 4.73. The van der Waals surface area contributed by atoms with Crippen molar-refractivity contribution in [2.24, 2.45) is 5.73 Å². The van der Waals surface area contributed by atoms with Crippen LogP contribution < -0.4 is 5.73 Å². The van der Waals surface area contributed by atoms with E-state index in [2.05, 4.69) is 6.58 Å². The molecular formula is C14H21F2NS. The highest BCUT2D eigenvalue weighted by atomic mass is 32.2. The number of nitrogens with two attached hydrogens (primary N) is 1. The van der Waals surface area contributed by atoms with Crippen LogP contribution in [-0.2, 0) is 0 Å². The van der Waals surface area contributed by atoms with Crippen LogP contribution in [0.4, 0.5) is 8.78 Å². The van der Waals surface area contributed by atoms with Gasteiger partial charge in [0.25, 0.3) is 6.43 Å². The largest absolute Gasteiger partial charge is 0.331 e. The average molecular weight is 273 g/mol. The molecule has 1 nitrogen and oxygen atoms in total. The van der Waals surface area contributed by atoms with Crippen LogP contribution in [0.3, 0.4) is 0 Å². The van der Waals surface area contributed by atoms with Crippen LogP contribution in [0.5, 0.6) is 0 Å². The van der Waals surface area contributed by atoms with Crippen molar-refractivity contribution in [1.29, 1.82) is 0 Å². The summed E-state index contributed by atoms with van der Waals surface area (Å²) < 4.78 is 25.3. The Morgan fingerprint density at radius 1 is 1.39 bits per heavy atom. The Bertz CT molecular complexity index is 365. The third-order valence-electron chi connectivity index (χ3n) is 1.90. The van der Waals surface area contributed by atoms with Crippen LogP contribution in [0, 0.1) is 0 Å². The van der Waals surface area contributed by atoms with Gasteiger partial charge < -0.3 is 5.73 Å². The number of benzene rings is 1. The van der Waals surface area contributed by atoms with Gasteiger partial charge in [0.2, 0.25) is 0 Å². The minimum Gasteiger partial charge on any atom is -0.331 e. The van der Waals surface area contributed by atoms with E-state index in [0.717, 1.165) is 11.4 Å². The molecule has 0 spiro atoms. The van der Waals surface area contributed by atoms with Gasteiger partial charge in [-0.3, -0.25) is 0 Å². The van der Waals surface area contributed by atoms with Crippen molar-refractivity contribution in [3.8, 4) is 0 Å². The van der Waals surface area contributed by atoms with Gasteiger partial charge in [-0.2, -0.15) is 0 Å². The van der Waals surface area contributed by atoms with Crippen molar-refractivity contribution < 1.29 is 8.78 Å². The van der Waals surface area contributed by atoms with Gasteiger partial charge in [-0.05, 0) is 18.2 Å². The maximum atomic E-state index is 12.7. The molecule has 0 aliphatic heterocycles. The second kappa shape index (κ2) is 9.11. The van der Waals surface area contributed by atoms with E-state index in [1.165, 1.54) is 12.1 Å². The summed E-state index contributed by atoms with van der Waals surface area (Å²) in [7, 11) is 0. The van der Waals surface area contributed by atoms with E-state index in [0.29, 0.717) is 10.8 Å². The summed E-state index contributed by atoms with van der Waals surface area (Å²) in [5.41, 5.74) is 5.47. The van der Waals surface area contributed by atoms with Crippen molar-refractivity contribution in [1.82, 2.24) is 0 Å². The standard InChI is InChI=1S/C12H14F2S.C2H7N/c1-4-9-10(12(13)14)6-5-7-11(9)15-8(2)3;1-2-3/h4-8,12H,1H2,2-3H3;2-3H2,1H3. The van der Waals surface area contributed by atoms with Gasteiger partial charge in [0.05, 0.1) is 0 Å². The Labute approximate surface area is 112 Å². The highest BCUT2D eigenvalue weighted by molar-refractivity contribution is 8.00. The van der Waals surface area contributed by atoms with E-state index in [-0.39, 0.29) is 5.56 Å². The lowest BCUT2D eigenvalue weighted by molar-refractivity contribution is 0.151. The Morgan fingerprint density at radius 2 is 1.94 bits per heavy atom. The van der Waals surface area contributed by atoms with Gasteiger partial charge >= 0.3 is 0 Å². The summed E-state index contributed by atoms with van der Waals surface area (Å²) in [5, 5.41) is 0.372. The lowest BCUT2D eigenvalue weighted by Crippen LogP contribution is -1.94. The number of hydrogen-bond acceptors (Lipinski definition) is 2. The van der Waals surface area contributed by atoms with Crippen molar-refractivity contribution >= 4 is 17.8 Å². The quantitative estimate of drug-likeness (QED) is 0.802. The van der Waals surface area contributed by atoms with Gasteiger partial charge in [0.1, 0.15) is 0 Å². The Balaban J connectivity index is 0.000000873. The molecular weight excluding hydrogens is 252 g/mol. The fourth-order valence-corrected chi connectivity index (χ4v) is 2.32. The Kier molecular flexibility index (Phi) is 8.67. The molecule has 4 heteroatoms. The van der Waals surface area contributed by atoms with Crippen LogP contribution in [0.1, 0.15) is 38.3 Å². The van der Waals surface area contributed by atoms with Crippen molar-refractivity contribution in [2.45, 2.75) is 37.3 Å². The molecule has 0 heterocycles. The number of hydrogen-bond donors (Lipinski definition) is 1. The lowest BCUT2D eigenvalue weighted by Gasteiger charge is -2.12. The number of thioether (sulfide) groups is 1. The van der Waals surface area contributed by atoms with E-state index >= 15 is 0 Å². The van der Waals surface area contributed by atoms with E-state index in [1.807, 2.05) is 26.8 Å². The van der Waals surface area contributed by atoms with E-state index < -0.39 is 6.43 Å². The Morgan fingerprint density at radius 3 is 2.33 bits per heavy atom. The second-order valence-corrected chi connectivity index (χ2v) is 5.46. The summed E-state index contributed by atoms with van der Waals surface area (Å²) in [6.07, 6.45) is -0.933. The monoisotopic (exact) mass is 273 g/mol. The van der Waals surface area contributed by atoms with Crippen LogP contribution in [-0.4, -0.2) is 11.8 Å². The molecule has 1 aromatic carbocycles. The fourth-order valence-electron chi connectivity index (χ4n) is 1.33. The average Bonchev–Trinajstić information content (AvgIpc) is 2.28. The Hall–Kier alpha value is -0.870. The summed E-state index contributed by atoms with van der Waals surface area (Å²) in [6, 6.07) is 4.97. The second-order valence-electron chi connectivity index (χ2n) is 3.84. The number of alkyl halides is 2. The molecule has 0 radical (unpaired) electrons. The summed E-state index contributed by atoms with van der Waals surface area (Å²) in [6.45, 7) is 10.3. The van der Waals surface area contributed by atoms with Gasteiger partial charge in [-0.15, -0.1) is 11.8 Å². The third kappa shape index (κ3) is 5.65. The normalized spacial score (nSPS) is 10.2. The van der Waals surface area contributed by atoms with E-state index in [9.17, 15) is 8.78 Å². The zero-order valence-corrected chi connectivity index (χ0v) is 11.9. The molecule has 1 rings (SSSR count). The number of halogens is 2. The van der Waals surface area contributed by atoms with Gasteiger partial charge in [-0.1, -0.05) is 45.6 Å². The molecule has 1 aromatic rings. The smallest absolute Gasteiger partial charge is 0.264 e. The van der Waals surface area contributed by atoms with Crippen LogP contribution in [0.2, 0.25) is 0 Å². The topological polar surface area (TPSA) is 26.0 Å². The molecule has 2 N–H and O–H groups in total. The van der Waals surface area contributed by atoms with E-state index in [4.69, 9.17) is 5.73 Å². The minimum atomic E-state index is -2.44. The molecule has 0 unspecified atom stereocenters. The highest BCUT2D eigenvalue weighted by Crippen LogP contribution is 2.33. The molecule has 0 amide bonds. The zero-order chi connectivity index (χ0) is 14.1. The first-order valence-electron chi connectivity index (χ1n) is 5.88. The molecule has 102 valence electrons. The molecule has 0 aliphatic carbocycles. The predicted molar refractivity (Wildman–Crippen MR) is 77.2 cm³/mol. The third-order valence-corrected chi connectivity index (χ3v) is 2.98. The maximum absolute atomic E-state index is 12.7. The first-order chi connectivity index (χ1) is 8.47. The molecule has 18 heavy (non-hydrogen) atoms. The molecule has 0 saturated heterocycles. The first-order valence-corrected chi connectivity index (χ1v) is 6.76. The maximum Gasteiger partial charge on any atom is 0.264 e. The minimum absolute atomic E-state index is 0.0654. The zero-order valence-electron chi connectivity index (χ0n) is 11.1. The van der Waals surface area contributed by atoms with Gasteiger partial charge in [-0.25, -0.2) is 8.78 Å². The molecule has 0 fully saturated rings. The van der Waals surface area contributed by atoms with Crippen LogP contribution in [0.15, 0.2) is 29.7 Å². The molecule has 0 bridgehead atoms. The van der Waals surface area contributed by atoms with Crippen molar-refractivity contribution in [2.75, 3.05) is 6.54 Å². The molecule has 0 atom stereocenters. The van der Waals surface area contributed by atoms with Gasteiger partial charge in [0, 0.05) is 15.7 Å². The van der Waals surface area contributed by atoms with Gasteiger partial charge in [0.15, 0.2) is 0 Å². The summed E-state index contributed by atoms with van der Waals surface area (Å²) >= 11 is 1.58. The molecule has 0 aliphatic rings. The summed E-state index contributed by atoms with van der Waals surface area (Å²) in [4.78, 5) is 0.873. The van der Waals surface area contributed by atoms with Crippen molar-refractivity contribution in [3.63, 3.8) is 0 Å². The summed E-state index contributed by atoms with van der Waals surface area (Å²) in [5.74, 6) is 0. The first kappa shape index (κ1) is 17.1. The highest BCUT2D eigenvalue weighted by Gasteiger charge is 2.14. The number of rotatable bonds is 4. The van der Waals surface area contributed by atoms with E-state index in [1.54, 1.807) is 17.8 Å².